The first kappa shape index (κ1) is 15.8. The highest BCUT2D eigenvalue weighted by Gasteiger charge is 2.11. The van der Waals surface area contributed by atoms with Gasteiger partial charge in [-0.05, 0) is 26.5 Å². The first-order valence-electron chi connectivity index (χ1n) is 6.42. The lowest BCUT2D eigenvalue weighted by molar-refractivity contribution is -0.123. The summed E-state index contributed by atoms with van der Waals surface area (Å²) in [5, 5.41) is 6.41. The summed E-state index contributed by atoms with van der Waals surface area (Å²) in [6.45, 7) is 4.60. The lowest BCUT2D eigenvalue weighted by Gasteiger charge is -2.15. The highest BCUT2D eigenvalue weighted by Crippen LogP contribution is 2.28. The summed E-state index contributed by atoms with van der Waals surface area (Å²) in [5.74, 6) is 0.433. The van der Waals surface area contributed by atoms with Gasteiger partial charge in [-0.25, -0.2) is 0 Å². The van der Waals surface area contributed by atoms with E-state index in [-0.39, 0.29) is 18.6 Å². The van der Waals surface area contributed by atoms with Crippen LogP contribution in [-0.4, -0.2) is 25.6 Å². The average Bonchev–Trinajstić information content (AvgIpc) is 2.38. The molecular weight excluding hydrogens is 264 g/mol. The van der Waals surface area contributed by atoms with E-state index in [1.54, 1.807) is 6.07 Å². The van der Waals surface area contributed by atoms with E-state index in [1.165, 1.54) is 0 Å². The van der Waals surface area contributed by atoms with E-state index in [1.807, 2.05) is 33.0 Å². The van der Waals surface area contributed by atoms with Gasteiger partial charge in [0.1, 0.15) is 5.75 Å². The van der Waals surface area contributed by atoms with E-state index in [9.17, 15) is 4.79 Å². The van der Waals surface area contributed by atoms with Crippen LogP contribution in [0.3, 0.4) is 0 Å². The molecule has 0 spiro atoms. The van der Waals surface area contributed by atoms with Crippen molar-refractivity contribution in [2.75, 3.05) is 13.7 Å². The minimum absolute atomic E-state index is 0.0230. The standard InChI is InChI=1S/C14H21ClN2O2/c1-4-10(2)17-13(18)9-19-14-11(8-16-3)6-5-7-12(14)15/h5-7,10,16H,4,8-9H2,1-3H3,(H,17,18). The summed E-state index contributed by atoms with van der Waals surface area (Å²) in [4.78, 5) is 11.7. The Morgan fingerprint density at radius 1 is 1.47 bits per heavy atom. The first-order valence-corrected chi connectivity index (χ1v) is 6.80. The Morgan fingerprint density at radius 3 is 2.84 bits per heavy atom. The van der Waals surface area contributed by atoms with Gasteiger partial charge in [0.15, 0.2) is 6.61 Å². The maximum absolute atomic E-state index is 11.7. The molecule has 1 amide bonds. The summed E-state index contributed by atoms with van der Waals surface area (Å²) in [6.07, 6.45) is 0.892. The molecule has 0 fully saturated rings. The van der Waals surface area contributed by atoms with Gasteiger partial charge in [-0.3, -0.25) is 4.79 Å². The van der Waals surface area contributed by atoms with Crippen LogP contribution in [0.1, 0.15) is 25.8 Å². The van der Waals surface area contributed by atoms with Gasteiger partial charge in [0.05, 0.1) is 5.02 Å². The molecule has 0 aromatic heterocycles. The van der Waals surface area contributed by atoms with Crippen LogP contribution in [0.2, 0.25) is 5.02 Å². The average molecular weight is 285 g/mol. The number of halogens is 1. The molecule has 5 heteroatoms. The summed E-state index contributed by atoms with van der Waals surface area (Å²) in [7, 11) is 1.85. The zero-order valence-corrected chi connectivity index (χ0v) is 12.4. The number of benzene rings is 1. The van der Waals surface area contributed by atoms with Crippen LogP contribution in [-0.2, 0) is 11.3 Å². The topological polar surface area (TPSA) is 50.4 Å². The van der Waals surface area contributed by atoms with Crippen molar-refractivity contribution in [1.29, 1.82) is 0 Å². The Hall–Kier alpha value is -1.26. The van der Waals surface area contributed by atoms with Crippen LogP contribution in [0.4, 0.5) is 0 Å². The number of carbonyl (C=O) groups excluding carboxylic acids is 1. The maximum atomic E-state index is 11.7. The number of para-hydroxylation sites is 1. The molecule has 106 valence electrons. The monoisotopic (exact) mass is 284 g/mol. The Morgan fingerprint density at radius 2 is 2.21 bits per heavy atom. The number of hydrogen-bond donors (Lipinski definition) is 2. The fourth-order valence-corrected chi connectivity index (χ4v) is 1.85. The molecule has 0 saturated carbocycles. The van der Waals surface area contributed by atoms with Gasteiger partial charge in [-0.15, -0.1) is 0 Å². The normalized spacial score (nSPS) is 12.0. The second kappa shape index (κ2) is 8.02. The molecule has 1 atom stereocenters. The minimum atomic E-state index is -0.135. The third kappa shape index (κ3) is 5.09. The largest absolute Gasteiger partial charge is 0.482 e. The molecule has 0 bridgehead atoms. The van der Waals surface area contributed by atoms with E-state index < -0.39 is 0 Å². The van der Waals surface area contributed by atoms with Crippen LogP contribution >= 0.6 is 11.6 Å². The molecule has 2 N–H and O–H groups in total. The van der Waals surface area contributed by atoms with Gasteiger partial charge in [0.2, 0.25) is 0 Å². The van der Waals surface area contributed by atoms with E-state index in [4.69, 9.17) is 16.3 Å². The van der Waals surface area contributed by atoms with Crippen molar-refractivity contribution in [3.63, 3.8) is 0 Å². The molecule has 1 rings (SSSR count). The Balaban J connectivity index is 2.64. The van der Waals surface area contributed by atoms with Gasteiger partial charge in [-0.1, -0.05) is 30.7 Å². The third-order valence-corrected chi connectivity index (χ3v) is 3.08. The zero-order chi connectivity index (χ0) is 14.3. The smallest absolute Gasteiger partial charge is 0.258 e. The molecule has 1 aromatic carbocycles. The number of rotatable bonds is 7. The van der Waals surface area contributed by atoms with Crippen molar-refractivity contribution in [2.24, 2.45) is 0 Å². The Bertz CT molecular complexity index is 424. The van der Waals surface area contributed by atoms with Crippen LogP contribution in [0.25, 0.3) is 0 Å². The molecule has 0 heterocycles. The van der Waals surface area contributed by atoms with Crippen molar-refractivity contribution in [1.82, 2.24) is 10.6 Å². The van der Waals surface area contributed by atoms with Crippen LogP contribution in [0.15, 0.2) is 18.2 Å². The van der Waals surface area contributed by atoms with E-state index in [0.29, 0.717) is 17.3 Å². The van der Waals surface area contributed by atoms with Gasteiger partial charge >= 0.3 is 0 Å². The predicted octanol–water partition coefficient (Wildman–Crippen LogP) is 2.35. The molecule has 0 aliphatic rings. The molecule has 0 saturated heterocycles. The van der Waals surface area contributed by atoms with Crippen LogP contribution in [0.5, 0.6) is 5.75 Å². The summed E-state index contributed by atoms with van der Waals surface area (Å²) >= 11 is 6.10. The first-order chi connectivity index (χ1) is 9.08. The number of amides is 1. The minimum Gasteiger partial charge on any atom is -0.482 e. The molecule has 1 aromatic rings. The van der Waals surface area contributed by atoms with Crippen LogP contribution < -0.4 is 15.4 Å². The van der Waals surface area contributed by atoms with E-state index in [2.05, 4.69) is 10.6 Å². The second-order valence-corrected chi connectivity index (χ2v) is 4.83. The number of carbonyl (C=O) groups is 1. The van der Waals surface area contributed by atoms with Crippen molar-refractivity contribution < 1.29 is 9.53 Å². The SMILES string of the molecule is CCC(C)NC(=O)COc1c(Cl)cccc1CNC. The summed E-state index contributed by atoms with van der Waals surface area (Å²) in [6, 6.07) is 5.69. The summed E-state index contributed by atoms with van der Waals surface area (Å²) < 4.78 is 5.54. The van der Waals surface area contributed by atoms with Gasteiger partial charge in [-0.2, -0.15) is 0 Å². The van der Waals surface area contributed by atoms with Gasteiger partial charge < -0.3 is 15.4 Å². The predicted molar refractivity (Wildman–Crippen MR) is 77.6 cm³/mol. The van der Waals surface area contributed by atoms with Crippen molar-refractivity contribution in [2.45, 2.75) is 32.9 Å². The zero-order valence-electron chi connectivity index (χ0n) is 11.6. The molecule has 4 nitrogen and oxygen atoms in total. The second-order valence-electron chi connectivity index (χ2n) is 4.42. The molecule has 19 heavy (non-hydrogen) atoms. The molecule has 1 unspecified atom stereocenters. The third-order valence-electron chi connectivity index (χ3n) is 2.78. The molecule has 0 aliphatic heterocycles. The number of nitrogens with one attached hydrogen (secondary N) is 2. The van der Waals surface area contributed by atoms with E-state index >= 15 is 0 Å². The molecule has 0 aliphatic carbocycles. The van der Waals surface area contributed by atoms with Crippen molar-refractivity contribution in [3.8, 4) is 5.75 Å². The number of ether oxygens (including phenoxy) is 1. The highest BCUT2D eigenvalue weighted by atomic mass is 35.5. The fourth-order valence-electron chi connectivity index (χ4n) is 1.60. The van der Waals surface area contributed by atoms with Crippen molar-refractivity contribution in [3.05, 3.63) is 28.8 Å². The fraction of sp³-hybridized carbons (Fsp3) is 0.500. The van der Waals surface area contributed by atoms with Crippen LogP contribution in [0, 0.1) is 0 Å². The Labute approximate surface area is 119 Å². The highest BCUT2D eigenvalue weighted by molar-refractivity contribution is 6.32. The van der Waals surface area contributed by atoms with Gasteiger partial charge in [0.25, 0.3) is 5.91 Å². The quantitative estimate of drug-likeness (QED) is 0.808. The lowest BCUT2D eigenvalue weighted by Crippen LogP contribution is -2.35. The summed E-state index contributed by atoms with van der Waals surface area (Å²) in [5.41, 5.74) is 0.936. The maximum Gasteiger partial charge on any atom is 0.258 e. The molecule has 0 radical (unpaired) electrons. The molecular formula is C14H21ClN2O2. The lowest BCUT2D eigenvalue weighted by atomic mass is 10.2. The van der Waals surface area contributed by atoms with Crippen molar-refractivity contribution >= 4 is 17.5 Å². The Kier molecular flexibility index (Phi) is 6.67. The van der Waals surface area contributed by atoms with Gasteiger partial charge in [0, 0.05) is 18.2 Å². The number of hydrogen-bond acceptors (Lipinski definition) is 3. The van der Waals surface area contributed by atoms with E-state index in [0.717, 1.165) is 12.0 Å².